The summed E-state index contributed by atoms with van der Waals surface area (Å²) in [4.78, 5) is 0. The average Bonchev–Trinajstić information content (AvgIpc) is 2.69. The van der Waals surface area contributed by atoms with E-state index in [1.54, 1.807) is 6.07 Å². The lowest BCUT2D eigenvalue weighted by atomic mass is 9.68. The van der Waals surface area contributed by atoms with E-state index in [4.69, 9.17) is 5.26 Å². The zero-order chi connectivity index (χ0) is 19.2. The van der Waals surface area contributed by atoms with Gasteiger partial charge in [0.05, 0.1) is 6.67 Å². The maximum atomic E-state index is 13.9. The van der Waals surface area contributed by atoms with Gasteiger partial charge in [0.15, 0.2) is 0 Å². The maximum absolute atomic E-state index is 13.9. The summed E-state index contributed by atoms with van der Waals surface area (Å²) in [5.41, 5.74) is 0.217. The van der Waals surface area contributed by atoms with Gasteiger partial charge in [0.25, 0.3) is 0 Å². The normalized spacial score (nSPS) is 29.0. The van der Waals surface area contributed by atoms with Crippen molar-refractivity contribution in [1.29, 1.82) is 5.26 Å². The molecule has 2 aliphatic carbocycles. The Morgan fingerprint density at radius 3 is 2.00 bits per heavy atom. The minimum Gasteiger partial charge on any atom is -0.251 e. The summed E-state index contributed by atoms with van der Waals surface area (Å²) in [7, 11) is 0. The fraction of sp³-hybridized carbons (Fsp3) is 0.609. The first-order valence-electron chi connectivity index (χ1n) is 10.2. The SMILES string of the molecule is N#Cc1c(F)cc(C2CCC(C3CCC(C=CCCF)CC3)CC2)cc1F. The first-order chi connectivity index (χ1) is 13.1. The van der Waals surface area contributed by atoms with Crippen molar-refractivity contribution < 1.29 is 13.2 Å². The van der Waals surface area contributed by atoms with Gasteiger partial charge in [0.2, 0.25) is 0 Å². The molecular formula is C23H28F3N. The number of benzene rings is 1. The fourth-order valence-electron chi connectivity index (χ4n) is 5.02. The number of hydrogen-bond acceptors (Lipinski definition) is 1. The van der Waals surface area contributed by atoms with Crippen LogP contribution in [0.3, 0.4) is 0 Å². The second-order valence-corrected chi connectivity index (χ2v) is 8.16. The molecule has 146 valence electrons. The van der Waals surface area contributed by atoms with Crippen LogP contribution in [0.1, 0.15) is 74.8 Å². The van der Waals surface area contributed by atoms with Crippen molar-refractivity contribution in [3.05, 3.63) is 47.0 Å². The Morgan fingerprint density at radius 2 is 1.48 bits per heavy atom. The van der Waals surface area contributed by atoms with E-state index < -0.39 is 17.2 Å². The predicted molar refractivity (Wildman–Crippen MR) is 101 cm³/mol. The van der Waals surface area contributed by atoms with Crippen LogP contribution in [-0.4, -0.2) is 6.67 Å². The molecule has 0 amide bonds. The molecule has 2 fully saturated rings. The smallest absolute Gasteiger partial charge is 0.144 e. The summed E-state index contributed by atoms with van der Waals surface area (Å²) in [5, 5.41) is 8.81. The average molecular weight is 375 g/mol. The minimum absolute atomic E-state index is 0.193. The van der Waals surface area contributed by atoms with E-state index in [1.807, 2.05) is 6.08 Å². The van der Waals surface area contributed by atoms with Gasteiger partial charge in [0, 0.05) is 0 Å². The summed E-state index contributed by atoms with van der Waals surface area (Å²) >= 11 is 0. The summed E-state index contributed by atoms with van der Waals surface area (Å²) in [6.07, 6.45) is 13.7. The molecule has 0 spiro atoms. The van der Waals surface area contributed by atoms with Gasteiger partial charge < -0.3 is 0 Å². The predicted octanol–water partition coefficient (Wildman–Crippen LogP) is 6.83. The highest BCUT2D eigenvalue weighted by atomic mass is 19.1. The third-order valence-electron chi connectivity index (χ3n) is 6.59. The van der Waals surface area contributed by atoms with E-state index in [1.165, 1.54) is 37.8 Å². The van der Waals surface area contributed by atoms with Gasteiger partial charge in [-0.05, 0) is 99.2 Å². The van der Waals surface area contributed by atoms with Crippen molar-refractivity contribution in [3.8, 4) is 6.07 Å². The Bertz CT molecular complexity index is 667. The molecule has 3 rings (SSSR count). The highest BCUT2D eigenvalue weighted by molar-refractivity contribution is 5.36. The molecule has 0 unspecified atom stereocenters. The number of rotatable bonds is 5. The van der Waals surface area contributed by atoms with Crippen LogP contribution >= 0.6 is 0 Å². The van der Waals surface area contributed by atoms with Crippen LogP contribution in [0, 0.1) is 40.7 Å². The van der Waals surface area contributed by atoms with Crippen molar-refractivity contribution in [2.75, 3.05) is 6.67 Å². The first-order valence-corrected chi connectivity index (χ1v) is 10.2. The molecule has 0 atom stereocenters. The number of allylic oxidation sites excluding steroid dienone is 2. The van der Waals surface area contributed by atoms with E-state index in [-0.39, 0.29) is 12.6 Å². The summed E-state index contributed by atoms with van der Waals surface area (Å²) in [6, 6.07) is 4.29. The van der Waals surface area contributed by atoms with E-state index >= 15 is 0 Å². The zero-order valence-electron chi connectivity index (χ0n) is 15.8. The molecule has 0 aliphatic heterocycles. The lowest BCUT2D eigenvalue weighted by Crippen LogP contribution is -2.25. The van der Waals surface area contributed by atoms with Gasteiger partial charge in [-0.15, -0.1) is 0 Å². The third kappa shape index (κ3) is 4.94. The van der Waals surface area contributed by atoms with Crippen LogP contribution < -0.4 is 0 Å². The number of nitriles is 1. The number of halogens is 3. The molecule has 27 heavy (non-hydrogen) atoms. The van der Waals surface area contributed by atoms with Crippen LogP contribution in [0.4, 0.5) is 13.2 Å². The monoisotopic (exact) mass is 375 g/mol. The molecule has 0 N–H and O–H groups in total. The summed E-state index contributed by atoms with van der Waals surface area (Å²) < 4.78 is 40.0. The van der Waals surface area contributed by atoms with Crippen LogP contribution in [0.15, 0.2) is 24.3 Å². The molecule has 0 heterocycles. The van der Waals surface area contributed by atoms with Crippen molar-refractivity contribution in [1.82, 2.24) is 0 Å². The van der Waals surface area contributed by atoms with E-state index in [0.29, 0.717) is 23.8 Å². The van der Waals surface area contributed by atoms with Crippen molar-refractivity contribution in [2.45, 2.75) is 63.7 Å². The molecule has 0 radical (unpaired) electrons. The van der Waals surface area contributed by atoms with Crippen molar-refractivity contribution in [2.24, 2.45) is 17.8 Å². The standard InChI is InChI=1S/C23H28F3N/c24-12-2-1-3-16-4-6-17(7-5-16)18-8-10-19(11-9-18)20-13-22(25)21(15-27)23(26)14-20/h1,3,13-14,16-19H,2,4-12H2. The molecular weight excluding hydrogens is 347 g/mol. The Labute approximate surface area is 160 Å². The number of hydrogen-bond donors (Lipinski definition) is 0. The lowest BCUT2D eigenvalue weighted by molar-refractivity contribution is 0.171. The Hall–Kier alpha value is -1.76. The van der Waals surface area contributed by atoms with Gasteiger partial charge >= 0.3 is 0 Å². The third-order valence-corrected chi connectivity index (χ3v) is 6.59. The first kappa shape index (κ1) is 20.0. The van der Waals surface area contributed by atoms with Gasteiger partial charge in [-0.2, -0.15) is 5.26 Å². The van der Waals surface area contributed by atoms with Gasteiger partial charge in [-0.3, -0.25) is 4.39 Å². The largest absolute Gasteiger partial charge is 0.251 e. The molecule has 4 heteroatoms. The molecule has 0 bridgehead atoms. The van der Waals surface area contributed by atoms with Crippen LogP contribution in [0.2, 0.25) is 0 Å². The quantitative estimate of drug-likeness (QED) is 0.517. The van der Waals surface area contributed by atoms with E-state index in [9.17, 15) is 13.2 Å². The number of alkyl halides is 1. The Morgan fingerprint density at radius 1 is 0.926 bits per heavy atom. The van der Waals surface area contributed by atoms with Gasteiger partial charge in [0.1, 0.15) is 23.3 Å². The summed E-state index contributed by atoms with van der Waals surface area (Å²) in [6.45, 7) is -0.276. The maximum Gasteiger partial charge on any atom is 0.144 e. The topological polar surface area (TPSA) is 23.8 Å². The molecule has 0 aromatic heterocycles. The van der Waals surface area contributed by atoms with Crippen molar-refractivity contribution in [3.63, 3.8) is 0 Å². The van der Waals surface area contributed by atoms with Crippen LogP contribution in [0.5, 0.6) is 0 Å². The highest BCUT2D eigenvalue weighted by Gasteiger charge is 2.31. The van der Waals surface area contributed by atoms with Gasteiger partial charge in [-0.25, -0.2) is 8.78 Å². The highest BCUT2D eigenvalue weighted by Crippen LogP contribution is 2.44. The molecule has 2 aliphatic rings. The van der Waals surface area contributed by atoms with E-state index in [0.717, 1.165) is 31.6 Å². The van der Waals surface area contributed by atoms with Crippen LogP contribution in [-0.2, 0) is 0 Å². The molecule has 1 aromatic rings. The Balaban J connectivity index is 1.51. The molecule has 1 nitrogen and oxygen atoms in total. The zero-order valence-corrected chi connectivity index (χ0v) is 15.8. The molecule has 1 aromatic carbocycles. The van der Waals surface area contributed by atoms with E-state index in [2.05, 4.69) is 6.08 Å². The second kappa shape index (κ2) is 9.44. The molecule has 2 saturated carbocycles. The van der Waals surface area contributed by atoms with Gasteiger partial charge in [-0.1, -0.05) is 12.2 Å². The second-order valence-electron chi connectivity index (χ2n) is 8.16. The van der Waals surface area contributed by atoms with Crippen LogP contribution in [0.25, 0.3) is 0 Å². The van der Waals surface area contributed by atoms with Crippen molar-refractivity contribution >= 4 is 0 Å². The lowest BCUT2D eigenvalue weighted by Gasteiger charge is -2.37. The minimum atomic E-state index is -0.742. The summed E-state index contributed by atoms with van der Waals surface area (Å²) in [5.74, 6) is 0.783. The number of nitrogens with zero attached hydrogens (tertiary/aromatic N) is 1. The molecule has 0 saturated heterocycles. The fourth-order valence-corrected chi connectivity index (χ4v) is 5.02. The Kier molecular flexibility index (Phi) is 6.99.